The highest BCUT2D eigenvalue weighted by Crippen LogP contribution is 1.92. The lowest BCUT2D eigenvalue weighted by Gasteiger charge is -1.99. The summed E-state index contributed by atoms with van der Waals surface area (Å²) in [5.74, 6) is 1.03. The molecular formula is C6H13Br2N3. The van der Waals surface area contributed by atoms with Gasteiger partial charge in [-0.15, -0.1) is 34.0 Å². The summed E-state index contributed by atoms with van der Waals surface area (Å²) in [5, 5.41) is 0. The Labute approximate surface area is 87.5 Å². The van der Waals surface area contributed by atoms with Crippen LogP contribution in [0.4, 0.5) is 0 Å². The van der Waals surface area contributed by atoms with Gasteiger partial charge in [0.1, 0.15) is 5.82 Å². The van der Waals surface area contributed by atoms with Crippen LogP contribution in [0.15, 0.2) is 12.4 Å². The van der Waals surface area contributed by atoms with Crippen LogP contribution in [-0.2, 0) is 6.54 Å². The lowest BCUT2D eigenvalue weighted by atomic mass is 10.6. The SMILES string of the molecule is Br.Br.Cc1nccn1CCN. The van der Waals surface area contributed by atoms with Gasteiger partial charge in [0.05, 0.1) is 0 Å². The maximum absolute atomic E-state index is 5.34. The van der Waals surface area contributed by atoms with Gasteiger partial charge in [0.25, 0.3) is 0 Å². The van der Waals surface area contributed by atoms with Crippen molar-refractivity contribution >= 4 is 34.0 Å². The maximum Gasteiger partial charge on any atom is 0.105 e. The molecule has 1 rings (SSSR count). The third kappa shape index (κ3) is 3.88. The van der Waals surface area contributed by atoms with Crippen molar-refractivity contribution in [2.24, 2.45) is 5.73 Å². The van der Waals surface area contributed by atoms with Crippen molar-refractivity contribution in [3.8, 4) is 0 Å². The Morgan fingerprint density at radius 2 is 2.18 bits per heavy atom. The van der Waals surface area contributed by atoms with Gasteiger partial charge in [0.15, 0.2) is 0 Å². The van der Waals surface area contributed by atoms with Crippen LogP contribution in [0.2, 0.25) is 0 Å². The number of aryl methyl sites for hydroxylation is 1. The molecule has 5 heteroatoms. The number of halogens is 2. The first-order chi connectivity index (χ1) is 4.34. The fourth-order valence-corrected chi connectivity index (χ4v) is 0.779. The zero-order chi connectivity index (χ0) is 6.69. The highest BCUT2D eigenvalue weighted by Gasteiger charge is 1.91. The normalized spacial score (nSPS) is 8.18. The summed E-state index contributed by atoms with van der Waals surface area (Å²) in [6.45, 7) is 3.51. The monoisotopic (exact) mass is 285 g/mol. The fraction of sp³-hybridized carbons (Fsp3) is 0.500. The van der Waals surface area contributed by atoms with E-state index < -0.39 is 0 Å². The first kappa shape index (κ1) is 13.7. The summed E-state index contributed by atoms with van der Waals surface area (Å²) in [4.78, 5) is 4.04. The van der Waals surface area contributed by atoms with E-state index in [-0.39, 0.29) is 34.0 Å². The second-order valence-corrected chi connectivity index (χ2v) is 1.96. The van der Waals surface area contributed by atoms with E-state index in [9.17, 15) is 0 Å². The van der Waals surface area contributed by atoms with Crippen LogP contribution in [0.5, 0.6) is 0 Å². The molecule has 0 atom stereocenters. The molecule has 66 valence electrons. The summed E-state index contributed by atoms with van der Waals surface area (Å²) >= 11 is 0. The second-order valence-electron chi connectivity index (χ2n) is 1.96. The molecule has 0 aliphatic heterocycles. The van der Waals surface area contributed by atoms with Crippen molar-refractivity contribution in [3.63, 3.8) is 0 Å². The predicted octanol–water partition coefficient (Wildman–Crippen LogP) is 1.31. The first-order valence-electron chi connectivity index (χ1n) is 3.02. The van der Waals surface area contributed by atoms with Gasteiger partial charge in [-0.1, -0.05) is 0 Å². The van der Waals surface area contributed by atoms with Gasteiger partial charge in [-0.05, 0) is 6.92 Å². The molecule has 0 spiro atoms. The number of rotatable bonds is 2. The highest BCUT2D eigenvalue weighted by atomic mass is 79.9. The van der Waals surface area contributed by atoms with E-state index in [2.05, 4.69) is 4.98 Å². The summed E-state index contributed by atoms with van der Waals surface area (Å²) < 4.78 is 2.03. The quantitative estimate of drug-likeness (QED) is 0.891. The largest absolute Gasteiger partial charge is 0.334 e. The zero-order valence-corrected chi connectivity index (χ0v) is 9.78. The molecule has 1 aromatic rings. The Morgan fingerprint density at radius 1 is 1.55 bits per heavy atom. The average Bonchev–Trinajstić information content (AvgIpc) is 2.18. The molecule has 2 N–H and O–H groups in total. The van der Waals surface area contributed by atoms with Gasteiger partial charge in [-0.3, -0.25) is 0 Å². The lowest BCUT2D eigenvalue weighted by molar-refractivity contribution is 0.684. The molecule has 0 aliphatic carbocycles. The van der Waals surface area contributed by atoms with E-state index in [4.69, 9.17) is 5.73 Å². The molecule has 0 saturated carbocycles. The third-order valence-electron chi connectivity index (χ3n) is 1.29. The van der Waals surface area contributed by atoms with E-state index in [0.29, 0.717) is 6.54 Å². The molecule has 11 heavy (non-hydrogen) atoms. The first-order valence-corrected chi connectivity index (χ1v) is 3.02. The van der Waals surface area contributed by atoms with E-state index in [1.165, 1.54) is 0 Å². The van der Waals surface area contributed by atoms with Crippen LogP contribution in [0.1, 0.15) is 5.82 Å². The Bertz CT molecular complexity index is 188. The molecule has 0 saturated heterocycles. The van der Waals surface area contributed by atoms with Crippen molar-refractivity contribution < 1.29 is 0 Å². The second kappa shape index (κ2) is 6.82. The minimum atomic E-state index is 0. The fourth-order valence-electron chi connectivity index (χ4n) is 0.779. The summed E-state index contributed by atoms with van der Waals surface area (Å²) in [7, 11) is 0. The molecule has 1 aromatic heterocycles. The minimum absolute atomic E-state index is 0. The van der Waals surface area contributed by atoms with Crippen molar-refractivity contribution in [1.82, 2.24) is 9.55 Å². The number of imidazole rings is 1. The molecule has 0 bridgehead atoms. The highest BCUT2D eigenvalue weighted by molar-refractivity contribution is 8.93. The van der Waals surface area contributed by atoms with E-state index in [1.54, 1.807) is 6.20 Å². The van der Waals surface area contributed by atoms with Gasteiger partial charge in [-0.25, -0.2) is 4.98 Å². The Hall–Kier alpha value is 0.130. The van der Waals surface area contributed by atoms with Gasteiger partial charge in [-0.2, -0.15) is 0 Å². The Kier molecular flexibility index (Phi) is 8.49. The summed E-state index contributed by atoms with van der Waals surface area (Å²) in [5.41, 5.74) is 5.34. The molecule has 0 radical (unpaired) electrons. The molecule has 0 aromatic carbocycles. The number of aromatic nitrogens is 2. The summed E-state index contributed by atoms with van der Waals surface area (Å²) in [6, 6.07) is 0. The number of hydrogen-bond acceptors (Lipinski definition) is 2. The molecule has 0 amide bonds. The van der Waals surface area contributed by atoms with Crippen molar-refractivity contribution in [3.05, 3.63) is 18.2 Å². The van der Waals surface area contributed by atoms with Crippen molar-refractivity contribution in [2.45, 2.75) is 13.5 Å². The Morgan fingerprint density at radius 3 is 2.55 bits per heavy atom. The van der Waals surface area contributed by atoms with Gasteiger partial charge in [0.2, 0.25) is 0 Å². The van der Waals surface area contributed by atoms with E-state index in [1.807, 2.05) is 17.7 Å². The molecule has 0 fully saturated rings. The summed E-state index contributed by atoms with van der Waals surface area (Å²) in [6.07, 6.45) is 3.72. The lowest BCUT2D eigenvalue weighted by Crippen LogP contribution is -2.09. The van der Waals surface area contributed by atoms with Gasteiger partial charge >= 0.3 is 0 Å². The average molecular weight is 287 g/mol. The van der Waals surface area contributed by atoms with Gasteiger partial charge < -0.3 is 10.3 Å². The molecule has 0 unspecified atom stereocenters. The predicted molar refractivity (Wildman–Crippen MR) is 56.7 cm³/mol. The third-order valence-corrected chi connectivity index (χ3v) is 1.29. The van der Waals surface area contributed by atoms with Crippen LogP contribution in [0.25, 0.3) is 0 Å². The van der Waals surface area contributed by atoms with Crippen LogP contribution in [-0.4, -0.2) is 16.1 Å². The van der Waals surface area contributed by atoms with Crippen LogP contribution in [0, 0.1) is 6.92 Å². The molecule has 1 heterocycles. The minimum Gasteiger partial charge on any atom is -0.334 e. The number of hydrogen-bond donors (Lipinski definition) is 1. The van der Waals surface area contributed by atoms with Crippen molar-refractivity contribution in [2.75, 3.05) is 6.54 Å². The zero-order valence-electron chi connectivity index (χ0n) is 6.36. The van der Waals surface area contributed by atoms with Crippen LogP contribution in [0.3, 0.4) is 0 Å². The van der Waals surface area contributed by atoms with Crippen LogP contribution < -0.4 is 5.73 Å². The number of nitrogens with two attached hydrogens (primary N) is 1. The Balaban J connectivity index is 0. The van der Waals surface area contributed by atoms with E-state index in [0.717, 1.165) is 12.4 Å². The number of nitrogens with zero attached hydrogens (tertiary/aromatic N) is 2. The maximum atomic E-state index is 5.34. The van der Waals surface area contributed by atoms with E-state index >= 15 is 0 Å². The van der Waals surface area contributed by atoms with Crippen LogP contribution >= 0.6 is 34.0 Å². The van der Waals surface area contributed by atoms with Gasteiger partial charge in [0, 0.05) is 25.5 Å². The topological polar surface area (TPSA) is 43.8 Å². The standard InChI is InChI=1S/C6H11N3.2BrH/c1-6-8-3-5-9(6)4-2-7;;/h3,5H,2,4,7H2,1H3;2*1H. The molecule has 0 aliphatic rings. The molecular weight excluding hydrogens is 274 g/mol. The van der Waals surface area contributed by atoms with Crippen molar-refractivity contribution in [1.29, 1.82) is 0 Å². The molecule has 3 nitrogen and oxygen atoms in total. The smallest absolute Gasteiger partial charge is 0.105 e.